The molecule has 4 nitrogen and oxygen atoms in total. The molecule has 0 aromatic carbocycles. The maximum atomic E-state index is 11.0. The number of methoxy groups -OCH3 is 1. The Bertz CT molecular complexity index is 381. The summed E-state index contributed by atoms with van der Waals surface area (Å²) in [5.41, 5.74) is 1.29. The van der Waals surface area contributed by atoms with Crippen LogP contribution in [-0.2, 0) is 4.74 Å². The summed E-state index contributed by atoms with van der Waals surface area (Å²) in [6.45, 7) is 5.71. The zero-order valence-corrected chi connectivity index (χ0v) is 9.37. The van der Waals surface area contributed by atoms with Crippen LogP contribution in [0.2, 0.25) is 0 Å². The third-order valence-electron chi connectivity index (χ3n) is 1.63. The molecule has 0 atom stereocenters. The second kappa shape index (κ2) is 6.55. The summed E-state index contributed by atoms with van der Waals surface area (Å²) in [5, 5.41) is 8.66. The van der Waals surface area contributed by atoms with Crippen LogP contribution in [0.1, 0.15) is 35.5 Å². The first-order chi connectivity index (χ1) is 7.19. The lowest BCUT2D eigenvalue weighted by atomic mass is 10.1. The van der Waals surface area contributed by atoms with Gasteiger partial charge in [-0.25, -0.2) is 4.79 Å². The van der Waals surface area contributed by atoms with Gasteiger partial charge in [-0.3, -0.25) is 4.98 Å². The zero-order chi connectivity index (χ0) is 11.8. The number of ether oxygens (including phenoxy) is 1. The van der Waals surface area contributed by atoms with Crippen molar-refractivity contribution >= 4 is 5.97 Å². The third-order valence-corrected chi connectivity index (χ3v) is 1.63. The molecule has 0 saturated heterocycles. The van der Waals surface area contributed by atoms with Gasteiger partial charge in [0, 0.05) is 6.20 Å². The summed E-state index contributed by atoms with van der Waals surface area (Å²) >= 11 is 0. The Morgan fingerprint density at radius 2 is 2.13 bits per heavy atom. The van der Waals surface area contributed by atoms with Crippen molar-refractivity contribution in [1.29, 1.82) is 5.26 Å². The van der Waals surface area contributed by atoms with Gasteiger partial charge in [-0.1, -0.05) is 13.8 Å². The first-order valence-electron chi connectivity index (χ1n) is 4.64. The topological polar surface area (TPSA) is 63.0 Å². The fraction of sp³-hybridized carbons (Fsp3) is 0.364. The van der Waals surface area contributed by atoms with Crippen LogP contribution < -0.4 is 0 Å². The van der Waals surface area contributed by atoms with Gasteiger partial charge in [-0.15, -0.1) is 0 Å². The van der Waals surface area contributed by atoms with Gasteiger partial charge < -0.3 is 4.74 Å². The first kappa shape index (κ1) is 13.1. The first-order valence-corrected chi connectivity index (χ1v) is 4.64. The van der Waals surface area contributed by atoms with Gasteiger partial charge in [-0.05, 0) is 13.0 Å². The number of rotatable bonds is 1. The van der Waals surface area contributed by atoms with E-state index in [-0.39, 0.29) is 0 Å². The van der Waals surface area contributed by atoms with Crippen molar-refractivity contribution < 1.29 is 9.53 Å². The Labute approximate surface area is 89.5 Å². The molecule has 0 spiro atoms. The Morgan fingerprint density at radius 3 is 2.60 bits per heavy atom. The van der Waals surface area contributed by atoms with Crippen LogP contribution in [0.4, 0.5) is 0 Å². The summed E-state index contributed by atoms with van der Waals surface area (Å²) in [6.07, 6.45) is 1.39. The number of aryl methyl sites for hydroxylation is 1. The van der Waals surface area contributed by atoms with Gasteiger partial charge in [-0.2, -0.15) is 5.26 Å². The van der Waals surface area contributed by atoms with E-state index < -0.39 is 5.97 Å². The average Bonchev–Trinajstić information content (AvgIpc) is 2.31. The maximum absolute atomic E-state index is 11.0. The number of pyridine rings is 1. The highest BCUT2D eigenvalue weighted by Gasteiger charge is 2.08. The molecule has 0 N–H and O–H groups in total. The lowest BCUT2D eigenvalue weighted by molar-refractivity contribution is 0.0600. The van der Waals surface area contributed by atoms with Crippen molar-refractivity contribution in [2.45, 2.75) is 20.8 Å². The molecule has 1 heterocycles. The summed E-state index contributed by atoms with van der Waals surface area (Å²) in [6, 6.07) is 3.41. The molecule has 0 unspecified atom stereocenters. The summed E-state index contributed by atoms with van der Waals surface area (Å²) < 4.78 is 4.49. The summed E-state index contributed by atoms with van der Waals surface area (Å²) in [4.78, 5) is 14.9. The molecule has 0 amide bonds. The maximum Gasteiger partial charge on any atom is 0.339 e. The predicted molar refractivity (Wildman–Crippen MR) is 56.4 cm³/mol. The van der Waals surface area contributed by atoms with Gasteiger partial charge in [0.1, 0.15) is 6.07 Å². The predicted octanol–water partition coefficient (Wildman–Crippen LogP) is 2.07. The summed E-state index contributed by atoms with van der Waals surface area (Å²) in [7, 11) is 1.29. The Balaban J connectivity index is 0.000000921. The number of carbonyl (C=O) groups excluding carboxylic acids is 1. The van der Waals surface area contributed by atoms with Crippen LogP contribution in [0.3, 0.4) is 0 Å². The van der Waals surface area contributed by atoms with Crippen LogP contribution in [0, 0.1) is 18.3 Å². The molecule has 0 fully saturated rings. The second-order valence-corrected chi connectivity index (χ2v) is 2.46. The molecule has 0 aliphatic carbocycles. The molecular formula is C11H14N2O2. The number of esters is 1. The fourth-order valence-corrected chi connectivity index (χ4v) is 0.876. The van der Waals surface area contributed by atoms with Crippen LogP contribution in [0.25, 0.3) is 0 Å². The van der Waals surface area contributed by atoms with Gasteiger partial charge in [0.05, 0.1) is 23.9 Å². The molecular weight excluding hydrogens is 192 g/mol. The van der Waals surface area contributed by atoms with Gasteiger partial charge >= 0.3 is 5.97 Å². The van der Waals surface area contributed by atoms with E-state index in [1.807, 2.05) is 19.9 Å². The smallest absolute Gasteiger partial charge is 0.339 e. The lowest BCUT2D eigenvalue weighted by Gasteiger charge is -2.00. The number of hydrogen-bond acceptors (Lipinski definition) is 4. The van der Waals surface area contributed by atoms with Crippen LogP contribution in [0.15, 0.2) is 12.3 Å². The van der Waals surface area contributed by atoms with Crippen LogP contribution in [-0.4, -0.2) is 18.1 Å². The molecule has 4 heteroatoms. The van der Waals surface area contributed by atoms with E-state index in [1.165, 1.54) is 19.4 Å². The molecule has 15 heavy (non-hydrogen) atoms. The van der Waals surface area contributed by atoms with E-state index in [0.29, 0.717) is 16.8 Å². The number of carbonyl (C=O) groups is 1. The van der Waals surface area contributed by atoms with E-state index in [2.05, 4.69) is 9.72 Å². The normalized spacial score (nSPS) is 8.20. The lowest BCUT2D eigenvalue weighted by Crippen LogP contribution is -2.03. The number of hydrogen-bond donors (Lipinski definition) is 0. The van der Waals surface area contributed by atoms with Crippen LogP contribution in [0.5, 0.6) is 0 Å². The quantitative estimate of drug-likeness (QED) is 0.660. The molecule has 1 rings (SSSR count). The minimum atomic E-state index is -0.482. The highest BCUT2D eigenvalue weighted by atomic mass is 16.5. The van der Waals surface area contributed by atoms with Crippen molar-refractivity contribution in [3.8, 4) is 6.07 Å². The number of nitriles is 1. The van der Waals surface area contributed by atoms with Crippen molar-refractivity contribution in [2.24, 2.45) is 0 Å². The molecule has 0 radical (unpaired) electrons. The molecule has 80 valence electrons. The minimum absolute atomic E-state index is 0.296. The van der Waals surface area contributed by atoms with Crippen molar-refractivity contribution in [3.05, 3.63) is 29.1 Å². The molecule has 0 saturated carbocycles. The minimum Gasteiger partial charge on any atom is -0.465 e. The number of aromatic nitrogens is 1. The Kier molecular flexibility index (Phi) is 5.72. The fourth-order valence-electron chi connectivity index (χ4n) is 0.876. The molecule has 0 aliphatic rings. The Hall–Kier alpha value is -1.89. The van der Waals surface area contributed by atoms with Gasteiger partial charge in [0.2, 0.25) is 0 Å². The van der Waals surface area contributed by atoms with E-state index in [9.17, 15) is 4.79 Å². The van der Waals surface area contributed by atoms with Crippen molar-refractivity contribution in [2.75, 3.05) is 7.11 Å². The molecule has 0 aliphatic heterocycles. The molecule has 1 aromatic heterocycles. The van der Waals surface area contributed by atoms with Crippen molar-refractivity contribution in [3.63, 3.8) is 0 Å². The highest BCUT2D eigenvalue weighted by molar-refractivity contribution is 5.89. The van der Waals surface area contributed by atoms with E-state index in [0.717, 1.165) is 0 Å². The standard InChI is InChI=1S/C9H8N2O2.C2H6/c1-6-7(4-10)3-8(5-11-6)9(12)13-2;1-2/h3,5H,1-2H3;1-2H3. The average molecular weight is 206 g/mol. The van der Waals surface area contributed by atoms with Gasteiger partial charge in [0.25, 0.3) is 0 Å². The third kappa shape index (κ3) is 3.39. The second-order valence-electron chi connectivity index (χ2n) is 2.46. The van der Waals surface area contributed by atoms with E-state index in [4.69, 9.17) is 5.26 Å². The number of nitrogens with zero attached hydrogens (tertiary/aromatic N) is 2. The molecule has 1 aromatic rings. The monoisotopic (exact) mass is 206 g/mol. The van der Waals surface area contributed by atoms with Crippen molar-refractivity contribution in [1.82, 2.24) is 4.98 Å². The van der Waals surface area contributed by atoms with Gasteiger partial charge in [0.15, 0.2) is 0 Å². The highest BCUT2D eigenvalue weighted by Crippen LogP contribution is 2.07. The molecule has 0 bridgehead atoms. The van der Waals surface area contributed by atoms with E-state index >= 15 is 0 Å². The van der Waals surface area contributed by atoms with E-state index in [1.54, 1.807) is 6.92 Å². The SMILES string of the molecule is CC.COC(=O)c1cnc(C)c(C#N)c1. The largest absolute Gasteiger partial charge is 0.465 e. The Morgan fingerprint density at radius 1 is 1.53 bits per heavy atom. The van der Waals surface area contributed by atoms with Crippen LogP contribution >= 0.6 is 0 Å². The summed E-state index contributed by atoms with van der Waals surface area (Å²) in [5.74, 6) is -0.482. The zero-order valence-electron chi connectivity index (χ0n) is 9.37.